The molecule has 1 amide bonds. The Morgan fingerprint density at radius 3 is 2.76 bits per heavy atom. The van der Waals surface area contributed by atoms with Crippen LogP contribution in [-0.4, -0.2) is 73.1 Å². The van der Waals surface area contributed by atoms with Gasteiger partial charge in [-0.1, -0.05) is 0 Å². The zero-order valence-corrected chi connectivity index (χ0v) is 14.1. The predicted octanol–water partition coefficient (Wildman–Crippen LogP) is 0.0852. The summed E-state index contributed by atoms with van der Waals surface area (Å²) in [6.07, 6.45) is 3.42. The van der Waals surface area contributed by atoms with Gasteiger partial charge in [-0.3, -0.25) is 4.79 Å². The molecular formula is C17H22N4O4. The molecule has 2 N–H and O–H groups in total. The highest BCUT2D eigenvalue weighted by atomic mass is 16.5. The molecule has 2 aromatic heterocycles. The van der Waals surface area contributed by atoms with E-state index in [1.165, 1.54) is 0 Å². The van der Waals surface area contributed by atoms with Crippen LogP contribution in [0.25, 0.3) is 11.2 Å². The summed E-state index contributed by atoms with van der Waals surface area (Å²) in [5.74, 6) is -0.0580. The van der Waals surface area contributed by atoms with Crippen molar-refractivity contribution >= 4 is 17.1 Å². The molecule has 25 heavy (non-hydrogen) atoms. The summed E-state index contributed by atoms with van der Waals surface area (Å²) in [6, 6.07) is 1.71. The summed E-state index contributed by atoms with van der Waals surface area (Å²) >= 11 is 0. The molecule has 8 heteroatoms. The monoisotopic (exact) mass is 346 g/mol. The van der Waals surface area contributed by atoms with Crippen molar-refractivity contribution in [2.45, 2.75) is 37.1 Å². The maximum Gasteiger partial charge on any atom is 0.256 e. The van der Waals surface area contributed by atoms with Crippen LogP contribution in [0.3, 0.4) is 0 Å². The number of ether oxygens (including phenoxy) is 1. The topological polar surface area (TPSA) is 101 Å². The fourth-order valence-corrected chi connectivity index (χ4v) is 3.79. The minimum Gasteiger partial charge on any atom is -0.390 e. The Balaban J connectivity index is 1.50. The number of pyridine rings is 1. The SMILES string of the molecule is Cn1cnc2c(C(=O)N3CCC4(CC3)C[C@@H](O)[C@@H](O)CO4)ccnc21. The van der Waals surface area contributed by atoms with E-state index in [2.05, 4.69) is 9.97 Å². The average Bonchev–Trinajstić information content (AvgIpc) is 3.00. The van der Waals surface area contributed by atoms with E-state index in [0.29, 0.717) is 49.1 Å². The molecule has 2 atom stereocenters. The first-order valence-corrected chi connectivity index (χ1v) is 8.54. The van der Waals surface area contributed by atoms with Gasteiger partial charge in [0.15, 0.2) is 5.65 Å². The maximum atomic E-state index is 12.9. The molecular weight excluding hydrogens is 324 g/mol. The molecule has 2 aromatic rings. The summed E-state index contributed by atoms with van der Waals surface area (Å²) < 4.78 is 7.61. The van der Waals surface area contributed by atoms with Gasteiger partial charge in [0.1, 0.15) is 11.6 Å². The van der Waals surface area contributed by atoms with E-state index in [1.54, 1.807) is 28.1 Å². The number of hydrogen-bond acceptors (Lipinski definition) is 6. The summed E-state index contributed by atoms with van der Waals surface area (Å²) in [4.78, 5) is 23.3. The van der Waals surface area contributed by atoms with E-state index in [4.69, 9.17) is 4.74 Å². The third-order valence-electron chi connectivity index (χ3n) is 5.38. The van der Waals surface area contributed by atoms with Crippen LogP contribution in [-0.2, 0) is 11.8 Å². The minimum absolute atomic E-state index is 0.0580. The van der Waals surface area contributed by atoms with Gasteiger partial charge in [0, 0.05) is 32.8 Å². The van der Waals surface area contributed by atoms with Crippen molar-refractivity contribution in [3.63, 3.8) is 0 Å². The Morgan fingerprint density at radius 2 is 2.04 bits per heavy atom. The van der Waals surface area contributed by atoms with Gasteiger partial charge in [-0.15, -0.1) is 0 Å². The lowest BCUT2D eigenvalue weighted by Gasteiger charge is -2.46. The highest BCUT2D eigenvalue weighted by Gasteiger charge is 2.43. The molecule has 2 saturated heterocycles. The van der Waals surface area contributed by atoms with Crippen LogP contribution in [0, 0.1) is 0 Å². The van der Waals surface area contributed by atoms with Gasteiger partial charge in [-0.2, -0.15) is 0 Å². The molecule has 134 valence electrons. The number of aryl methyl sites for hydroxylation is 1. The second-order valence-corrected chi connectivity index (χ2v) is 7.01. The Kier molecular flexibility index (Phi) is 3.98. The summed E-state index contributed by atoms with van der Waals surface area (Å²) in [6.45, 7) is 1.25. The maximum absolute atomic E-state index is 12.9. The second kappa shape index (κ2) is 6.05. The third kappa shape index (κ3) is 2.80. The Hall–Kier alpha value is -2.03. The zero-order chi connectivity index (χ0) is 17.6. The number of aliphatic hydroxyl groups excluding tert-OH is 2. The molecule has 0 bridgehead atoms. The van der Waals surface area contributed by atoms with E-state index in [1.807, 2.05) is 7.05 Å². The van der Waals surface area contributed by atoms with Crippen molar-refractivity contribution in [3.8, 4) is 0 Å². The fraction of sp³-hybridized carbons (Fsp3) is 0.588. The highest BCUT2D eigenvalue weighted by Crippen LogP contribution is 2.35. The number of imidazole rings is 1. The largest absolute Gasteiger partial charge is 0.390 e. The summed E-state index contributed by atoms with van der Waals surface area (Å²) in [7, 11) is 1.85. The minimum atomic E-state index is -0.820. The summed E-state index contributed by atoms with van der Waals surface area (Å²) in [5, 5.41) is 19.6. The van der Waals surface area contributed by atoms with Gasteiger partial charge < -0.3 is 24.4 Å². The number of piperidine rings is 1. The van der Waals surface area contributed by atoms with Gasteiger partial charge in [0.25, 0.3) is 5.91 Å². The number of aliphatic hydroxyl groups is 2. The van der Waals surface area contributed by atoms with Crippen LogP contribution in [0.15, 0.2) is 18.6 Å². The summed E-state index contributed by atoms with van der Waals surface area (Å²) in [5.41, 5.74) is 1.42. The average molecular weight is 346 g/mol. The van der Waals surface area contributed by atoms with E-state index >= 15 is 0 Å². The van der Waals surface area contributed by atoms with Crippen LogP contribution >= 0.6 is 0 Å². The lowest BCUT2D eigenvalue weighted by Crippen LogP contribution is -2.55. The molecule has 1 spiro atoms. The van der Waals surface area contributed by atoms with Gasteiger partial charge in [-0.05, 0) is 18.9 Å². The molecule has 2 aliphatic heterocycles. The molecule has 0 radical (unpaired) electrons. The number of likely N-dealkylation sites (tertiary alicyclic amines) is 1. The number of nitrogens with zero attached hydrogens (tertiary/aromatic N) is 4. The molecule has 0 aliphatic carbocycles. The number of carbonyl (C=O) groups is 1. The lowest BCUT2D eigenvalue weighted by atomic mass is 9.82. The van der Waals surface area contributed by atoms with Crippen molar-refractivity contribution in [3.05, 3.63) is 24.2 Å². The number of carbonyl (C=O) groups excluding carboxylic acids is 1. The van der Waals surface area contributed by atoms with Crippen molar-refractivity contribution in [1.29, 1.82) is 0 Å². The standard InChI is InChI=1S/C17H22N4O4/c1-20-10-19-14-11(2-5-18-15(14)20)16(24)21-6-3-17(4-7-21)8-12(22)13(23)9-25-17/h2,5,10,12-13,22-23H,3-4,6-9H2,1H3/t12-,13+/m1/s1. The van der Waals surface area contributed by atoms with Crippen LogP contribution in [0.2, 0.25) is 0 Å². The molecule has 2 fully saturated rings. The number of amides is 1. The fourth-order valence-electron chi connectivity index (χ4n) is 3.79. The first kappa shape index (κ1) is 16.4. The normalized spacial score (nSPS) is 26.3. The Bertz CT molecular complexity index is 797. The number of rotatable bonds is 1. The molecule has 0 saturated carbocycles. The van der Waals surface area contributed by atoms with Crippen LogP contribution in [0.4, 0.5) is 0 Å². The lowest BCUT2D eigenvalue weighted by molar-refractivity contribution is -0.185. The highest BCUT2D eigenvalue weighted by molar-refractivity contribution is 6.04. The van der Waals surface area contributed by atoms with Crippen molar-refractivity contribution in [1.82, 2.24) is 19.4 Å². The van der Waals surface area contributed by atoms with E-state index < -0.39 is 17.8 Å². The Labute approximate surface area is 145 Å². The number of fused-ring (bicyclic) bond motifs is 1. The van der Waals surface area contributed by atoms with Crippen molar-refractivity contribution in [2.75, 3.05) is 19.7 Å². The first-order chi connectivity index (χ1) is 12.0. The predicted molar refractivity (Wildman–Crippen MR) is 89.0 cm³/mol. The first-order valence-electron chi connectivity index (χ1n) is 8.54. The Morgan fingerprint density at radius 1 is 1.28 bits per heavy atom. The van der Waals surface area contributed by atoms with Crippen LogP contribution < -0.4 is 0 Å². The van der Waals surface area contributed by atoms with Crippen molar-refractivity contribution < 1.29 is 19.7 Å². The van der Waals surface area contributed by atoms with Crippen LogP contribution in [0.5, 0.6) is 0 Å². The molecule has 4 rings (SSSR count). The quantitative estimate of drug-likeness (QED) is 0.759. The molecule has 4 heterocycles. The number of hydrogen-bond donors (Lipinski definition) is 2. The van der Waals surface area contributed by atoms with E-state index in [9.17, 15) is 15.0 Å². The van der Waals surface area contributed by atoms with E-state index in [-0.39, 0.29) is 12.5 Å². The van der Waals surface area contributed by atoms with Gasteiger partial charge in [-0.25, -0.2) is 9.97 Å². The van der Waals surface area contributed by atoms with E-state index in [0.717, 1.165) is 0 Å². The van der Waals surface area contributed by atoms with Crippen LogP contribution in [0.1, 0.15) is 29.6 Å². The molecule has 0 unspecified atom stereocenters. The van der Waals surface area contributed by atoms with Gasteiger partial charge in [0.05, 0.1) is 30.2 Å². The second-order valence-electron chi connectivity index (χ2n) is 7.01. The third-order valence-corrected chi connectivity index (χ3v) is 5.38. The van der Waals surface area contributed by atoms with Crippen molar-refractivity contribution in [2.24, 2.45) is 7.05 Å². The molecule has 2 aliphatic rings. The molecule has 0 aromatic carbocycles. The van der Waals surface area contributed by atoms with Gasteiger partial charge in [0.2, 0.25) is 0 Å². The van der Waals surface area contributed by atoms with Gasteiger partial charge >= 0.3 is 0 Å². The smallest absolute Gasteiger partial charge is 0.256 e. The zero-order valence-electron chi connectivity index (χ0n) is 14.1. The molecule has 8 nitrogen and oxygen atoms in total. The number of aromatic nitrogens is 3.